The summed E-state index contributed by atoms with van der Waals surface area (Å²) in [6.07, 6.45) is 6.43. The van der Waals surface area contributed by atoms with Gasteiger partial charge >= 0.3 is 0 Å². The van der Waals surface area contributed by atoms with Crippen LogP contribution in [0, 0.1) is 0 Å². The van der Waals surface area contributed by atoms with Gasteiger partial charge in [-0.15, -0.1) is 0 Å². The number of halogens is 1. The average molecular weight is 407 g/mol. The molecule has 6 nitrogen and oxygen atoms in total. The quantitative estimate of drug-likeness (QED) is 0.622. The highest BCUT2D eigenvalue weighted by Crippen LogP contribution is 2.29. The van der Waals surface area contributed by atoms with E-state index in [1.807, 2.05) is 11.0 Å². The zero-order valence-corrected chi connectivity index (χ0v) is 16.4. The van der Waals surface area contributed by atoms with Gasteiger partial charge in [0.05, 0.1) is 16.3 Å². The molecule has 7 heteroatoms. The van der Waals surface area contributed by atoms with Crippen LogP contribution in [0.3, 0.4) is 0 Å². The van der Waals surface area contributed by atoms with E-state index in [9.17, 15) is 9.59 Å². The number of piperazine rings is 1. The first-order chi connectivity index (χ1) is 14.1. The molecule has 1 aliphatic heterocycles. The molecule has 146 valence electrons. The maximum absolute atomic E-state index is 12.6. The number of rotatable bonds is 4. The largest absolute Gasteiger partial charge is 0.367 e. The molecule has 0 N–H and O–H groups in total. The molecular weight excluding hydrogens is 388 g/mol. The van der Waals surface area contributed by atoms with Gasteiger partial charge in [-0.05, 0) is 42.5 Å². The van der Waals surface area contributed by atoms with Gasteiger partial charge in [-0.25, -0.2) is 0 Å². The number of amides is 1. The van der Waals surface area contributed by atoms with Crippen molar-refractivity contribution in [2.75, 3.05) is 31.1 Å². The summed E-state index contributed by atoms with van der Waals surface area (Å²) in [7, 11) is 0. The Morgan fingerprint density at radius 1 is 0.828 bits per heavy atom. The number of carbonyl (C=O) groups excluding carboxylic acids is 2. The second kappa shape index (κ2) is 8.41. The lowest BCUT2D eigenvalue weighted by Crippen LogP contribution is -2.48. The molecule has 3 aromatic rings. The summed E-state index contributed by atoms with van der Waals surface area (Å²) in [5, 5.41) is 0.525. The maximum Gasteiger partial charge on any atom is 0.255 e. The molecule has 1 aromatic carbocycles. The first-order valence-electron chi connectivity index (χ1n) is 9.32. The molecule has 4 rings (SSSR count). The Hall–Kier alpha value is -3.25. The van der Waals surface area contributed by atoms with Crippen LogP contribution in [0.5, 0.6) is 0 Å². The van der Waals surface area contributed by atoms with E-state index in [1.165, 1.54) is 0 Å². The van der Waals surface area contributed by atoms with Crippen molar-refractivity contribution in [3.63, 3.8) is 0 Å². The van der Waals surface area contributed by atoms with Crippen molar-refractivity contribution in [3.8, 4) is 0 Å². The average Bonchev–Trinajstić information content (AvgIpc) is 2.79. The van der Waals surface area contributed by atoms with Crippen LogP contribution in [0.15, 0.2) is 67.3 Å². The van der Waals surface area contributed by atoms with Crippen molar-refractivity contribution in [2.45, 2.75) is 0 Å². The standard InChI is InChI=1S/C22H19ClN4O2/c23-19-14-17(21(28)16-5-8-24-9-6-16)3-4-20(19)26-10-12-27(13-11-26)22(29)18-2-1-7-25-15-18/h1-9,14-15H,10-13H2. The highest BCUT2D eigenvalue weighted by atomic mass is 35.5. The van der Waals surface area contributed by atoms with Gasteiger partial charge in [-0.1, -0.05) is 11.6 Å². The van der Waals surface area contributed by atoms with Crippen molar-refractivity contribution in [1.82, 2.24) is 14.9 Å². The molecule has 0 spiro atoms. The molecule has 0 aliphatic carbocycles. The molecule has 29 heavy (non-hydrogen) atoms. The third kappa shape index (κ3) is 4.12. The van der Waals surface area contributed by atoms with Crippen LogP contribution in [-0.4, -0.2) is 52.7 Å². The lowest BCUT2D eigenvalue weighted by Gasteiger charge is -2.36. The molecule has 1 aliphatic rings. The molecule has 1 amide bonds. The van der Waals surface area contributed by atoms with E-state index in [-0.39, 0.29) is 11.7 Å². The van der Waals surface area contributed by atoms with Gasteiger partial charge in [0, 0.05) is 62.1 Å². The molecule has 0 unspecified atom stereocenters. The molecule has 1 saturated heterocycles. The van der Waals surface area contributed by atoms with Crippen LogP contribution in [-0.2, 0) is 0 Å². The van der Waals surface area contributed by atoms with Crippen molar-refractivity contribution in [1.29, 1.82) is 0 Å². The lowest BCUT2D eigenvalue weighted by atomic mass is 10.0. The summed E-state index contributed by atoms with van der Waals surface area (Å²) in [5.41, 5.74) is 2.58. The topological polar surface area (TPSA) is 66.4 Å². The van der Waals surface area contributed by atoms with E-state index in [4.69, 9.17) is 11.6 Å². The van der Waals surface area contributed by atoms with E-state index in [0.717, 1.165) is 5.69 Å². The van der Waals surface area contributed by atoms with Crippen LogP contribution in [0.2, 0.25) is 5.02 Å². The summed E-state index contributed by atoms with van der Waals surface area (Å²) >= 11 is 6.49. The second-order valence-corrected chi connectivity index (χ2v) is 7.16. The van der Waals surface area contributed by atoms with Crippen molar-refractivity contribution >= 4 is 29.0 Å². The highest BCUT2D eigenvalue weighted by Gasteiger charge is 2.24. The monoisotopic (exact) mass is 406 g/mol. The number of carbonyl (C=O) groups is 2. The van der Waals surface area contributed by atoms with Crippen LogP contribution in [0.1, 0.15) is 26.3 Å². The zero-order chi connectivity index (χ0) is 20.2. The van der Waals surface area contributed by atoms with E-state index in [0.29, 0.717) is 47.9 Å². The Morgan fingerprint density at radius 3 is 2.24 bits per heavy atom. The van der Waals surface area contributed by atoms with E-state index in [1.54, 1.807) is 61.2 Å². The van der Waals surface area contributed by atoms with E-state index < -0.39 is 0 Å². The smallest absolute Gasteiger partial charge is 0.255 e. The number of aromatic nitrogens is 2. The van der Waals surface area contributed by atoms with Crippen LogP contribution < -0.4 is 4.90 Å². The van der Waals surface area contributed by atoms with Gasteiger partial charge in [0.2, 0.25) is 0 Å². The highest BCUT2D eigenvalue weighted by molar-refractivity contribution is 6.33. The predicted molar refractivity (Wildman–Crippen MR) is 111 cm³/mol. The van der Waals surface area contributed by atoms with Crippen molar-refractivity contribution in [3.05, 3.63) is 89.0 Å². The van der Waals surface area contributed by atoms with E-state index in [2.05, 4.69) is 14.9 Å². The molecule has 0 atom stereocenters. The summed E-state index contributed by atoms with van der Waals surface area (Å²) < 4.78 is 0. The van der Waals surface area contributed by atoms with Gasteiger partial charge in [0.1, 0.15) is 0 Å². The summed E-state index contributed by atoms with van der Waals surface area (Å²) in [4.78, 5) is 37.1. The Bertz CT molecular complexity index is 1020. The molecule has 2 aromatic heterocycles. The van der Waals surface area contributed by atoms with Crippen molar-refractivity contribution < 1.29 is 9.59 Å². The van der Waals surface area contributed by atoms with Crippen LogP contribution in [0.25, 0.3) is 0 Å². The Kier molecular flexibility index (Phi) is 5.53. The van der Waals surface area contributed by atoms with Gasteiger partial charge < -0.3 is 9.80 Å². The number of anilines is 1. The fourth-order valence-electron chi connectivity index (χ4n) is 3.40. The predicted octanol–water partition coefficient (Wildman–Crippen LogP) is 3.32. The Labute approximate surface area is 173 Å². The lowest BCUT2D eigenvalue weighted by molar-refractivity contribution is 0.0746. The SMILES string of the molecule is O=C(c1ccncc1)c1ccc(N2CCN(C(=O)c3cccnc3)CC2)c(Cl)c1. The summed E-state index contributed by atoms with van der Waals surface area (Å²) in [5.74, 6) is -0.102. The number of hydrogen-bond acceptors (Lipinski definition) is 5. The molecule has 0 bridgehead atoms. The number of pyridine rings is 2. The molecule has 1 fully saturated rings. The molecular formula is C22H19ClN4O2. The van der Waals surface area contributed by atoms with Crippen LogP contribution >= 0.6 is 11.6 Å². The zero-order valence-electron chi connectivity index (χ0n) is 15.7. The first-order valence-corrected chi connectivity index (χ1v) is 9.70. The van der Waals surface area contributed by atoms with Gasteiger partial charge in [0.25, 0.3) is 5.91 Å². The minimum atomic E-state index is -0.0901. The molecule has 0 radical (unpaired) electrons. The Morgan fingerprint density at radius 2 is 1.59 bits per heavy atom. The first kappa shape index (κ1) is 19.1. The number of nitrogens with zero attached hydrogens (tertiary/aromatic N) is 4. The van der Waals surface area contributed by atoms with E-state index >= 15 is 0 Å². The van der Waals surface area contributed by atoms with Gasteiger partial charge in [-0.3, -0.25) is 19.6 Å². The minimum Gasteiger partial charge on any atom is -0.367 e. The van der Waals surface area contributed by atoms with Gasteiger partial charge in [0.15, 0.2) is 5.78 Å². The number of benzene rings is 1. The summed E-state index contributed by atoms with van der Waals surface area (Å²) in [6.45, 7) is 2.54. The Balaban J connectivity index is 1.44. The summed E-state index contributed by atoms with van der Waals surface area (Å²) in [6, 6.07) is 12.3. The second-order valence-electron chi connectivity index (χ2n) is 6.75. The van der Waals surface area contributed by atoms with Gasteiger partial charge in [-0.2, -0.15) is 0 Å². The fraction of sp³-hybridized carbons (Fsp3) is 0.182. The van der Waals surface area contributed by atoms with Crippen molar-refractivity contribution in [2.24, 2.45) is 0 Å². The third-order valence-electron chi connectivity index (χ3n) is 4.97. The third-order valence-corrected chi connectivity index (χ3v) is 5.27. The number of hydrogen-bond donors (Lipinski definition) is 0. The molecule has 0 saturated carbocycles. The normalized spacial score (nSPS) is 14.0. The maximum atomic E-state index is 12.6. The number of ketones is 1. The fourth-order valence-corrected chi connectivity index (χ4v) is 3.70. The van der Waals surface area contributed by atoms with Crippen LogP contribution in [0.4, 0.5) is 5.69 Å². The minimum absolute atomic E-state index is 0.0119. The molecule has 3 heterocycles.